The van der Waals surface area contributed by atoms with Crippen LogP contribution in [0, 0.1) is 6.92 Å². The number of nitrogens with one attached hydrogen (secondary N) is 1. The van der Waals surface area contributed by atoms with Gasteiger partial charge in [0.25, 0.3) is 5.91 Å². The molecule has 0 bridgehead atoms. The van der Waals surface area contributed by atoms with Crippen molar-refractivity contribution in [3.05, 3.63) is 63.1 Å². The van der Waals surface area contributed by atoms with E-state index < -0.39 is 5.91 Å². The molecule has 0 saturated carbocycles. The van der Waals surface area contributed by atoms with Crippen LogP contribution in [0.25, 0.3) is 22.2 Å². The molecule has 1 aromatic carbocycles. The maximum atomic E-state index is 12.8. The minimum Gasteiger partial charge on any atom is -0.364 e. The van der Waals surface area contributed by atoms with Gasteiger partial charge in [-0.05, 0) is 47.1 Å². The molecule has 0 aliphatic carbocycles. The van der Waals surface area contributed by atoms with E-state index in [1.807, 2.05) is 0 Å². The number of pyridine rings is 2. The summed E-state index contributed by atoms with van der Waals surface area (Å²) < 4.78 is 0. The third-order valence-electron chi connectivity index (χ3n) is 5.09. The van der Waals surface area contributed by atoms with E-state index >= 15 is 0 Å². The summed E-state index contributed by atoms with van der Waals surface area (Å²) in [5, 5.41) is 0.229. The van der Waals surface area contributed by atoms with Crippen LogP contribution in [-0.4, -0.2) is 15.9 Å². The van der Waals surface area contributed by atoms with E-state index in [2.05, 4.69) is 63.6 Å². The second-order valence-electron chi connectivity index (χ2n) is 8.65. The van der Waals surface area contributed by atoms with Gasteiger partial charge in [0, 0.05) is 23.5 Å². The number of H-pyrrole nitrogens is 1. The van der Waals surface area contributed by atoms with Gasteiger partial charge in [0.2, 0.25) is 0 Å². The Labute approximate surface area is 165 Å². The Morgan fingerprint density at radius 2 is 1.86 bits per heavy atom. The number of amides is 1. The molecule has 2 aromatic heterocycles. The van der Waals surface area contributed by atoms with E-state index in [0.29, 0.717) is 11.4 Å². The van der Waals surface area contributed by atoms with Gasteiger partial charge >= 0.3 is 0 Å². The van der Waals surface area contributed by atoms with Crippen molar-refractivity contribution in [3.63, 3.8) is 0 Å². The van der Waals surface area contributed by atoms with Crippen LogP contribution in [0.5, 0.6) is 0 Å². The second-order valence-corrected chi connectivity index (χ2v) is 8.65. The van der Waals surface area contributed by atoms with Gasteiger partial charge in [-0.3, -0.25) is 14.6 Å². The largest absolute Gasteiger partial charge is 0.364 e. The van der Waals surface area contributed by atoms with Gasteiger partial charge in [-0.2, -0.15) is 0 Å². The van der Waals surface area contributed by atoms with Gasteiger partial charge in [0.1, 0.15) is 5.69 Å². The number of hydrogen-bond donors (Lipinski definition) is 2. The first-order valence-electron chi connectivity index (χ1n) is 9.48. The van der Waals surface area contributed by atoms with Crippen molar-refractivity contribution in [3.8, 4) is 11.3 Å². The van der Waals surface area contributed by atoms with Crippen LogP contribution in [0.4, 0.5) is 0 Å². The third kappa shape index (κ3) is 3.44. The number of aromatic nitrogens is 2. The molecule has 3 aromatic rings. The Balaban J connectivity index is 2.30. The van der Waals surface area contributed by atoms with Gasteiger partial charge in [-0.15, -0.1) is 0 Å². The lowest BCUT2D eigenvalue weighted by Gasteiger charge is -2.27. The minimum absolute atomic E-state index is 0.00651. The molecule has 0 spiro atoms. The van der Waals surface area contributed by atoms with E-state index in [9.17, 15) is 9.59 Å². The molecule has 1 amide bonds. The Kier molecular flexibility index (Phi) is 4.88. The molecule has 0 aliphatic rings. The Morgan fingerprint density at radius 3 is 2.43 bits per heavy atom. The summed E-state index contributed by atoms with van der Waals surface area (Å²) in [4.78, 5) is 31.7. The maximum absolute atomic E-state index is 12.8. The first-order chi connectivity index (χ1) is 13.0. The molecule has 0 atom stereocenters. The lowest BCUT2D eigenvalue weighted by atomic mass is 9.78. The summed E-state index contributed by atoms with van der Waals surface area (Å²) in [6, 6.07) is 7.61. The molecule has 5 heteroatoms. The summed E-state index contributed by atoms with van der Waals surface area (Å²) >= 11 is 0. The van der Waals surface area contributed by atoms with Crippen LogP contribution in [0.1, 0.15) is 67.7 Å². The molecule has 0 aliphatic heterocycles. The smallest absolute Gasteiger partial charge is 0.268 e. The van der Waals surface area contributed by atoms with Gasteiger partial charge in [-0.25, -0.2) is 0 Å². The van der Waals surface area contributed by atoms with Gasteiger partial charge in [0.15, 0.2) is 5.43 Å². The number of aromatic amines is 1. The number of hydrogen-bond acceptors (Lipinski definition) is 3. The van der Waals surface area contributed by atoms with Crippen molar-refractivity contribution in [1.29, 1.82) is 0 Å². The average molecular weight is 377 g/mol. The number of aryl methyl sites for hydroxylation is 1. The van der Waals surface area contributed by atoms with Crippen LogP contribution in [0.2, 0.25) is 0 Å². The number of rotatable bonds is 3. The lowest BCUT2D eigenvalue weighted by molar-refractivity contribution is 0.0997. The van der Waals surface area contributed by atoms with E-state index in [1.165, 1.54) is 23.4 Å². The summed E-state index contributed by atoms with van der Waals surface area (Å²) in [7, 11) is 0. The molecular weight excluding hydrogens is 350 g/mol. The standard InChI is InChI=1S/C23H27N3O2/c1-12(2)14-10-15(13(3)9-16(14)23(4,5)6)18-11-19(27)20-17(26-18)7-8-25-21(20)22(24)28/h7-12H,1-6H3,(H2,24,28)(H,26,27). The number of nitrogens with zero attached hydrogens (tertiary/aromatic N) is 1. The van der Waals surface area contributed by atoms with Crippen LogP contribution < -0.4 is 11.2 Å². The first kappa shape index (κ1) is 19.8. The molecule has 2 heterocycles. The Morgan fingerprint density at radius 1 is 1.18 bits per heavy atom. The molecule has 3 rings (SSSR count). The van der Waals surface area contributed by atoms with Crippen LogP contribution in [0.15, 0.2) is 35.3 Å². The predicted molar refractivity (Wildman–Crippen MR) is 114 cm³/mol. The number of carbonyl (C=O) groups is 1. The Hall–Kier alpha value is -2.95. The van der Waals surface area contributed by atoms with Crippen molar-refractivity contribution < 1.29 is 4.79 Å². The quantitative estimate of drug-likeness (QED) is 0.708. The average Bonchev–Trinajstić information content (AvgIpc) is 2.59. The molecule has 0 radical (unpaired) electrons. The highest BCUT2D eigenvalue weighted by molar-refractivity contribution is 6.03. The zero-order valence-corrected chi connectivity index (χ0v) is 17.3. The molecule has 28 heavy (non-hydrogen) atoms. The van der Waals surface area contributed by atoms with Crippen molar-refractivity contribution in [2.24, 2.45) is 5.73 Å². The minimum atomic E-state index is -0.711. The van der Waals surface area contributed by atoms with Crippen molar-refractivity contribution >= 4 is 16.8 Å². The fourth-order valence-corrected chi connectivity index (χ4v) is 3.67. The highest BCUT2D eigenvalue weighted by Crippen LogP contribution is 2.35. The van der Waals surface area contributed by atoms with Crippen molar-refractivity contribution in [2.45, 2.75) is 52.9 Å². The fraction of sp³-hybridized carbons (Fsp3) is 0.348. The molecule has 0 fully saturated rings. The molecular formula is C23H27N3O2. The summed E-state index contributed by atoms with van der Waals surface area (Å²) in [5.41, 5.74) is 11.1. The van der Waals surface area contributed by atoms with E-state index in [0.717, 1.165) is 16.8 Å². The molecule has 0 saturated heterocycles. The maximum Gasteiger partial charge on any atom is 0.268 e. The van der Waals surface area contributed by atoms with Crippen LogP contribution >= 0.6 is 0 Å². The third-order valence-corrected chi connectivity index (χ3v) is 5.09. The number of carbonyl (C=O) groups excluding carboxylic acids is 1. The highest BCUT2D eigenvalue weighted by atomic mass is 16.1. The first-order valence-corrected chi connectivity index (χ1v) is 9.48. The zero-order chi connectivity index (χ0) is 20.8. The number of nitrogens with two attached hydrogens (primary N) is 1. The second kappa shape index (κ2) is 6.89. The van der Waals surface area contributed by atoms with Crippen LogP contribution in [0.3, 0.4) is 0 Å². The topological polar surface area (TPSA) is 88.8 Å². The number of fused-ring (bicyclic) bond motifs is 1. The predicted octanol–water partition coefficient (Wildman–Crippen LogP) is 4.42. The van der Waals surface area contributed by atoms with E-state index in [4.69, 9.17) is 5.73 Å². The van der Waals surface area contributed by atoms with E-state index in [1.54, 1.807) is 6.07 Å². The number of benzene rings is 1. The monoisotopic (exact) mass is 377 g/mol. The molecule has 0 unspecified atom stereocenters. The zero-order valence-electron chi connectivity index (χ0n) is 17.3. The van der Waals surface area contributed by atoms with Gasteiger partial charge in [0.05, 0.1) is 10.9 Å². The summed E-state index contributed by atoms with van der Waals surface area (Å²) in [6.45, 7) is 13.0. The normalized spacial score (nSPS) is 12.0. The summed E-state index contributed by atoms with van der Waals surface area (Å²) in [6.07, 6.45) is 1.48. The van der Waals surface area contributed by atoms with Gasteiger partial charge in [-0.1, -0.05) is 40.7 Å². The van der Waals surface area contributed by atoms with Gasteiger partial charge < -0.3 is 10.7 Å². The van der Waals surface area contributed by atoms with E-state index in [-0.39, 0.29) is 21.9 Å². The molecule has 5 nitrogen and oxygen atoms in total. The molecule has 3 N–H and O–H groups in total. The van der Waals surface area contributed by atoms with Crippen LogP contribution in [-0.2, 0) is 5.41 Å². The van der Waals surface area contributed by atoms with Crippen molar-refractivity contribution in [2.75, 3.05) is 0 Å². The van der Waals surface area contributed by atoms with Crippen molar-refractivity contribution in [1.82, 2.24) is 9.97 Å². The molecule has 146 valence electrons. The SMILES string of the molecule is Cc1cc(C(C)(C)C)c(C(C)C)cc1-c1cc(=O)c2c(C(N)=O)nccc2[nH]1. The highest BCUT2D eigenvalue weighted by Gasteiger charge is 2.22. The Bertz CT molecular complexity index is 1140. The summed E-state index contributed by atoms with van der Waals surface area (Å²) in [5.74, 6) is -0.358. The number of primary amides is 1. The fourth-order valence-electron chi connectivity index (χ4n) is 3.67. The lowest BCUT2D eigenvalue weighted by Crippen LogP contribution is -2.18.